The second kappa shape index (κ2) is 16.1. The van der Waals surface area contributed by atoms with Crippen LogP contribution in [0.5, 0.6) is 5.75 Å². The van der Waals surface area contributed by atoms with Gasteiger partial charge in [-0.15, -0.1) is 0 Å². The summed E-state index contributed by atoms with van der Waals surface area (Å²) in [5.41, 5.74) is 1.85. The third kappa shape index (κ3) is 9.11. The zero-order valence-corrected chi connectivity index (χ0v) is 29.1. The Morgan fingerprint density at radius 2 is 1.59 bits per heavy atom. The Labute approximate surface area is 284 Å². The number of anilines is 1. The first kappa shape index (κ1) is 35.0. The topological polar surface area (TPSA) is 96.0 Å². The monoisotopic (exact) mass is 725 g/mol. The van der Waals surface area contributed by atoms with Crippen molar-refractivity contribution in [2.75, 3.05) is 18.0 Å². The van der Waals surface area contributed by atoms with Crippen LogP contribution in [0.2, 0.25) is 5.02 Å². The highest BCUT2D eigenvalue weighted by atomic mass is 79.9. The molecule has 0 fully saturated rings. The van der Waals surface area contributed by atoms with E-state index in [0.29, 0.717) is 17.2 Å². The fourth-order valence-corrected chi connectivity index (χ4v) is 6.67. The van der Waals surface area contributed by atoms with Crippen LogP contribution in [0.25, 0.3) is 0 Å². The van der Waals surface area contributed by atoms with Crippen LogP contribution >= 0.6 is 27.5 Å². The molecule has 0 spiro atoms. The number of hydrogen-bond donors (Lipinski definition) is 1. The predicted octanol–water partition coefficient (Wildman–Crippen LogP) is 6.86. The molecule has 0 unspecified atom stereocenters. The van der Waals surface area contributed by atoms with Crippen molar-refractivity contribution in [3.05, 3.63) is 124 Å². The molecule has 1 N–H and O–H groups in total. The van der Waals surface area contributed by atoms with E-state index in [1.807, 2.05) is 68.4 Å². The normalized spacial score (nSPS) is 12.5. The van der Waals surface area contributed by atoms with Gasteiger partial charge in [-0.25, -0.2) is 8.42 Å². The predicted molar refractivity (Wildman–Crippen MR) is 185 cm³/mol. The number of hydrogen-bond acceptors (Lipinski definition) is 5. The number of methoxy groups -OCH3 is 1. The summed E-state index contributed by atoms with van der Waals surface area (Å²) in [4.78, 5) is 29.9. The standard InChI is InChI=1S/C35H37BrClN3O5S/c1-4-25(2)38-35(42)33(21-26-9-6-5-7-10-26)39(23-27-13-15-28(36)16-14-27)34(41)24-40(30-12-8-11-29(37)22-30)46(43,44)32-19-17-31(45-3)18-20-32/h5-20,22,25,33H,4,21,23-24H2,1-3H3,(H,38,42)/t25-,33-/m0/s1. The summed E-state index contributed by atoms with van der Waals surface area (Å²) in [7, 11) is -2.78. The number of ether oxygens (including phenoxy) is 1. The first-order valence-electron chi connectivity index (χ1n) is 14.8. The Hall–Kier alpha value is -3.86. The zero-order valence-electron chi connectivity index (χ0n) is 25.9. The van der Waals surface area contributed by atoms with Crippen LogP contribution in [-0.4, -0.2) is 50.9 Å². The molecule has 2 atom stereocenters. The number of carbonyl (C=O) groups is 2. The van der Waals surface area contributed by atoms with Crippen LogP contribution in [0.4, 0.5) is 5.69 Å². The summed E-state index contributed by atoms with van der Waals surface area (Å²) in [6.07, 6.45) is 0.931. The number of halogens is 2. The smallest absolute Gasteiger partial charge is 0.264 e. The maximum absolute atomic E-state index is 14.5. The van der Waals surface area contributed by atoms with Crippen molar-refractivity contribution in [2.45, 2.75) is 50.2 Å². The average Bonchev–Trinajstić information content (AvgIpc) is 3.06. The molecule has 0 heterocycles. The number of amides is 2. The van der Waals surface area contributed by atoms with E-state index in [0.717, 1.165) is 19.9 Å². The van der Waals surface area contributed by atoms with Gasteiger partial charge in [0.15, 0.2) is 0 Å². The first-order valence-corrected chi connectivity index (χ1v) is 17.4. The lowest BCUT2D eigenvalue weighted by molar-refractivity contribution is -0.140. The van der Waals surface area contributed by atoms with Crippen molar-refractivity contribution in [3.63, 3.8) is 0 Å². The number of sulfonamides is 1. The van der Waals surface area contributed by atoms with E-state index in [-0.39, 0.29) is 35.5 Å². The van der Waals surface area contributed by atoms with Gasteiger partial charge in [-0.1, -0.05) is 83.0 Å². The molecule has 0 aliphatic rings. The third-order valence-electron chi connectivity index (χ3n) is 7.56. The van der Waals surface area contributed by atoms with Crippen LogP contribution in [-0.2, 0) is 32.6 Å². The Bertz CT molecular complexity index is 1720. The van der Waals surface area contributed by atoms with Gasteiger partial charge in [-0.05, 0) is 79.1 Å². The maximum atomic E-state index is 14.5. The lowest BCUT2D eigenvalue weighted by Crippen LogP contribution is -2.54. The van der Waals surface area contributed by atoms with E-state index < -0.39 is 28.5 Å². The molecule has 11 heteroatoms. The molecule has 0 saturated heterocycles. The first-order chi connectivity index (χ1) is 22.0. The maximum Gasteiger partial charge on any atom is 0.264 e. The van der Waals surface area contributed by atoms with Gasteiger partial charge in [0.1, 0.15) is 18.3 Å². The van der Waals surface area contributed by atoms with E-state index in [9.17, 15) is 18.0 Å². The highest BCUT2D eigenvalue weighted by molar-refractivity contribution is 9.10. The molecule has 0 radical (unpaired) electrons. The molecule has 4 aromatic rings. The minimum atomic E-state index is -4.27. The highest BCUT2D eigenvalue weighted by Crippen LogP contribution is 2.28. The summed E-state index contributed by atoms with van der Waals surface area (Å²) in [5, 5.41) is 3.34. The molecule has 0 aliphatic carbocycles. The Kier molecular flexibility index (Phi) is 12.3. The fraction of sp³-hybridized carbons (Fsp3) is 0.257. The Morgan fingerprint density at radius 1 is 0.913 bits per heavy atom. The second-order valence-electron chi connectivity index (χ2n) is 10.8. The molecular formula is C35H37BrClN3O5S. The number of rotatable bonds is 14. The molecule has 0 aromatic heterocycles. The number of nitrogens with zero attached hydrogens (tertiary/aromatic N) is 2. The summed E-state index contributed by atoms with van der Waals surface area (Å²) < 4.78 is 35.4. The SMILES string of the molecule is CC[C@H](C)NC(=O)[C@H](Cc1ccccc1)N(Cc1ccc(Br)cc1)C(=O)CN(c1cccc(Cl)c1)S(=O)(=O)c1ccc(OC)cc1. The van der Waals surface area contributed by atoms with Gasteiger partial charge in [0, 0.05) is 28.5 Å². The minimum absolute atomic E-state index is 0.0316. The van der Waals surface area contributed by atoms with Gasteiger partial charge in [0.25, 0.3) is 10.0 Å². The third-order valence-corrected chi connectivity index (χ3v) is 10.1. The molecular weight excluding hydrogens is 690 g/mol. The van der Waals surface area contributed by atoms with Crippen LogP contribution in [0.1, 0.15) is 31.4 Å². The van der Waals surface area contributed by atoms with Gasteiger partial charge < -0.3 is 15.0 Å². The van der Waals surface area contributed by atoms with E-state index in [2.05, 4.69) is 21.2 Å². The summed E-state index contributed by atoms with van der Waals surface area (Å²) in [5.74, 6) is -0.391. The second-order valence-corrected chi connectivity index (χ2v) is 14.1. The average molecular weight is 727 g/mol. The molecule has 242 valence electrons. The number of benzene rings is 4. The van der Waals surface area contributed by atoms with Crippen molar-refractivity contribution in [1.29, 1.82) is 0 Å². The zero-order chi connectivity index (χ0) is 33.3. The van der Waals surface area contributed by atoms with Crippen LogP contribution in [0.3, 0.4) is 0 Å². The number of nitrogens with one attached hydrogen (secondary N) is 1. The lowest BCUT2D eigenvalue weighted by Gasteiger charge is -2.34. The number of carbonyl (C=O) groups excluding carboxylic acids is 2. The van der Waals surface area contributed by atoms with Crippen molar-refractivity contribution < 1.29 is 22.7 Å². The minimum Gasteiger partial charge on any atom is -0.497 e. The molecule has 4 rings (SSSR count). The summed E-state index contributed by atoms with van der Waals surface area (Å²) >= 11 is 9.75. The van der Waals surface area contributed by atoms with Crippen LogP contribution in [0.15, 0.2) is 112 Å². The van der Waals surface area contributed by atoms with Crippen molar-refractivity contribution in [2.24, 2.45) is 0 Å². The van der Waals surface area contributed by atoms with Gasteiger partial charge >= 0.3 is 0 Å². The van der Waals surface area contributed by atoms with E-state index >= 15 is 0 Å². The van der Waals surface area contributed by atoms with Crippen molar-refractivity contribution in [1.82, 2.24) is 10.2 Å². The van der Waals surface area contributed by atoms with Gasteiger partial charge in [0.2, 0.25) is 11.8 Å². The van der Waals surface area contributed by atoms with Gasteiger partial charge in [-0.3, -0.25) is 13.9 Å². The molecule has 8 nitrogen and oxygen atoms in total. The van der Waals surface area contributed by atoms with Crippen molar-refractivity contribution >= 4 is 55.1 Å². The van der Waals surface area contributed by atoms with Crippen LogP contribution < -0.4 is 14.4 Å². The van der Waals surface area contributed by atoms with Gasteiger partial charge in [-0.2, -0.15) is 0 Å². The largest absolute Gasteiger partial charge is 0.497 e. The molecule has 4 aromatic carbocycles. The Balaban J connectivity index is 1.80. The summed E-state index contributed by atoms with van der Waals surface area (Å²) in [6, 6.07) is 28.1. The van der Waals surface area contributed by atoms with Gasteiger partial charge in [0.05, 0.1) is 17.7 Å². The lowest BCUT2D eigenvalue weighted by atomic mass is 10.0. The molecule has 46 heavy (non-hydrogen) atoms. The van der Waals surface area contributed by atoms with Crippen LogP contribution in [0, 0.1) is 0 Å². The Morgan fingerprint density at radius 3 is 2.20 bits per heavy atom. The molecule has 0 aliphatic heterocycles. The quantitative estimate of drug-likeness (QED) is 0.153. The van der Waals surface area contributed by atoms with Crippen molar-refractivity contribution in [3.8, 4) is 5.75 Å². The molecule has 2 amide bonds. The van der Waals surface area contributed by atoms with E-state index in [1.165, 1.54) is 30.2 Å². The van der Waals surface area contributed by atoms with E-state index in [4.69, 9.17) is 16.3 Å². The van der Waals surface area contributed by atoms with E-state index in [1.54, 1.807) is 30.3 Å². The fourth-order valence-electron chi connectivity index (χ4n) is 4.82. The highest BCUT2D eigenvalue weighted by Gasteiger charge is 2.35. The molecule has 0 bridgehead atoms. The molecule has 0 saturated carbocycles. The summed E-state index contributed by atoms with van der Waals surface area (Å²) in [6.45, 7) is 3.37.